The summed E-state index contributed by atoms with van der Waals surface area (Å²) in [7, 11) is 0. The van der Waals surface area contributed by atoms with Crippen LogP contribution in [0.1, 0.15) is 12.6 Å². The van der Waals surface area contributed by atoms with Crippen LogP contribution in [-0.4, -0.2) is 4.57 Å². The minimum atomic E-state index is 0.803. The summed E-state index contributed by atoms with van der Waals surface area (Å²) in [5, 5.41) is 6.10. The zero-order valence-electron chi connectivity index (χ0n) is 25.1. The van der Waals surface area contributed by atoms with Crippen LogP contribution in [0.2, 0.25) is 0 Å². The molecule has 0 fully saturated rings. The first-order valence-corrected chi connectivity index (χ1v) is 15.4. The quantitative estimate of drug-likeness (QED) is 0.203. The highest BCUT2D eigenvalue weighted by Gasteiger charge is 2.18. The van der Waals surface area contributed by atoms with E-state index < -0.39 is 0 Å². The van der Waals surface area contributed by atoms with Gasteiger partial charge in [0.1, 0.15) is 0 Å². The molecule has 2 heteroatoms. The summed E-state index contributed by atoms with van der Waals surface area (Å²) in [6, 6.07) is 54.5. The molecule has 0 aliphatic heterocycles. The second-order valence-electron chi connectivity index (χ2n) is 11.5. The highest BCUT2D eigenvalue weighted by Crippen LogP contribution is 2.44. The van der Waals surface area contributed by atoms with E-state index in [0.717, 1.165) is 28.0 Å². The maximum Gasteiger partial charge on any atom is 0.0695 e. The smallest absolute Gasteiger partial charge is 0.0695 e. The summed E-state index contributed by atoms with van der Waals surface area (Å²) in [6.45, 7) is 2.03. The first-order chi connectivity index (χ1) is 22.2. The Labute approximate surface area is 263 Å². The molecule has 0 amide bonds. The Morgan fingerprint density at radius 1 is 0.467 bits per heavy atom. The van der Waals surface area contributed by atoms with Crippen LogP contribution < -0.4 is 5.73 Å². The standard InChI is InChI=1S/C43H32N2/c1-2-13-40-43(44)37-20-11-12-21-39(37)45(40)33-25-22-29(23-26-33)32-24-27-36-38(28-32)42(31-16-7-4-8-17-31)35-19-10-9-18-34(35)41(36)30-14-5-3-6-15-30/h2-28H,44H2,1H3/b13-2-. The van der Waals surface area contributed by atoms with E-state index in [1.807, 2.05) is 19.1 Å². The lowest BCUT2D eigenvalue weighted by atomic mass is 9.85. The van der Waals surface area contributed by atoms with Crippen molar-refractivity contribution in [3.8, 4) is 39.1 Å². The molecular formula is C43H32N2. The SMILES string of the molecule is C/C=C\c1c(N)c2ccccc2n1-c1ccc(-c2ccc3c(-c4ccccc4)c4ccccc4c(-c4ccccc4)c3c2)cc1. The van der Waals surface area contributed by atoms with Gasteiger partial charge in [-0.05, 0) is 92.2 Å². The fourth-order valence-electron chi connectivity index (χ4n) is 6.88. The Morgan fingerprint density at radius 3 is 1.60 bits per heavy atom. The summed E-state index contributed by atoms with van der Waals surface area (Å²) in [4.78, 5) is 0. The molecule has 2 nitrogen and oxygen atoms in total. The lowest BCUT2D eigenvalue weighted by molar-refractivity contribution is 1.11. The number of hydrogen-bond donors (Lipinski definition) is 1. The van der Waals surface area contributed by atoms with E-state index in [1.165, 1.54) is 54.9 Å². The van der Waals surface area contributed by atoms with Crippen LogP contribution in [0, 0.1) is 0 Å². The zero-order chi connectivity index (χ0) is 30.3. The molecule has 0 saturated carbocycles. The van der Waals surface area contributed by atoms with Crippen LogP contribution in [0.3, 0.4) is 0 Å². The zero-order valence-corrected chi connectivity index (χ0v) is 25.1. The Bertz CT molecular complexity index is 2360. The van der Waals surface area contributed by atoms with Gasteiger partial charge in [0.15, 0.2) is 0 Å². The average molecular weight is 577 g/mol. The molecule has 0 spiro atoms. The molecule has 1 aromatic heterocycles. The van der Waals surface area contributed by atoms with Crippen molar-refractivity contribution in [1.29, 1.82) is 0 Å². The predicted molar refractivity (Wildman–Crippen MR) is 194 cm³/mol. The minimum Gasteiger partial charge on any atom is -0.396 e. The minimum absolute atomic E-state index is 0.803. The molecule has 8 rings (SSSR count). The number of rotatable bonds is 5. The molecule has 0 bridgehead atoms. The number of aromatic nitrogens is 1. The van der Waals surface area contributed by atoms with Gasteiger partial charge in [-0.15, -0.1) is 0 Å². The molecule has 0 aliphatic rings. The number of hydrogen-bond acceptors (Lipinski definition) is 1. The van der Waals surface area contributed by atoms with Gasteiger partial charge in [-0.2, -0.15) is 0 Å². The average Bonchev–Trinajstić information content (AvgIpc) is 3.38. The van der Waals surface area contributed by atoms with Gasteiger partial charge < -0.3 is 10.3 Å². The van der Waals surface area contributed by atoms with Gasteiger partial charge >= 0.3 is 0 Å². The third kappa shape index (κ3) is 4.42. The molecule has 0 atom stereocenters. The van der Waals surface area contributed by atoms with Gasteiger partial charge in [0, 0.05) is 11.1 Å². The Morgan fingerprint density at radius 2 is 0.978 bits per heavy atom. The maximum absolute atomic E-state index is 6.62. The van der Waals surface area contributed by atoms with Crippen molar-refractivity contribution in [1.82, 2.24) is 4.57 Å². The van der Waals surface area contributed by atoms with Gasteiger partial charge in [-0.1, -0.05) is 133 Å². The number of anilines is 1. The van der Waals surface area contributed by atoms with Crippen molar-refractivity contribution in [2.24, 2.45) is 0 Å². The van der Waals surface area contributed by atoms with Gasteiger partial charge in [0.2, 0.25) is 0 Å². The third-order valence-electron chi connectivity index (χ3n) is 8.88. The van der Waals surface area contributed by atoms with Crippen molar-refractivity contribution < 1.29 is 0 Å². The first-order valence-electron chi connectivity index (χ1n) is 15.4. The maximum atomic E-state index is 6.62. The molecule has 2 N–H and O–H groups in total. The topological polar surface area (TPSA) is 30.9 Å². The normalized spacial score (nSPS) is 11.7. The summed E-state index contributed by atoms with van der Waals surface area (Å²) < 4.78 is 2.25. The van der Waals surface area contributed by atoms with Crippen LogP contribution in [0.5, 0.6) is 0 Å². The van der Waals surface area contributed by atoms with E-state index in [4.69, 9.17) is 5.73 Å². The van der Waals surface area contributed by atoms with Gasteiger partial charge in [-0.25, -0.2) is 0 Å². The third-order valence-corrected chi connectivity index (χ3v) is 8.88. The van der Waals surface area contributed by atoms with E-state index in [2.05, 4.69) is 156 Å². The Kier molecular flexibility index (Phi) is 6.54. The number of nitrogens with two attached hydrogens (primary N) is 1. The fourth-order valence-corrected chi connectivity index (χ4v) is 6.88. The monoisotopic (exact) mass is 576 g/mol. The lowest BCUT2D eigenvalue weighted by Crippen LogP contribution is -1.98. The number of benzene rings is 7. The summed E-state index contributed by atoms with van der Waals surface area (Å²) >= 11 is 0. The van der Waals surface area contributed by atoms with Crippen LogP contribution in [0.4, 0.5) is 5.69 Å². The second kappa shape index (κ2) is 11.0. The largest absolute Gasteiger partial charge is 0.396 e. The first kappa shape index (κ1) is 26.7. The fraction of sp³-hybridized carbons (Fsp3) is 0.0233. The molecule has 8 aromatic rings. The number of allylic oxidation sites excluding steroid dienone is 1. The van der Waals surface area contributed by atoms with Crippen LogP contribution in [0.15, 0.2) is 158 Å². The predicted octanol–water partition coefficient (Wildman–Crippen LogP) is 11.6. The molecule has 0 unspecified atom stereocenters. The van der Waals surface area contributed by atoms with E-state index in [-0.39, 0.29) is 0 Å². The molecule has 0 aliphatic carbocycles. The lowest BCUT2D eigenvalue weighted by Gasteiger charge is -2.19. The number of nitrogen functional groups attached to an aromatic ring is 1. The highest BCUT2D eigenvalue weighted by molar-refractivity contribution is 6.22. The number of para-hydroxylation sites is 1. The van der Waals surface area contributed by atoms with Crippen molar-refractivity contribution >= 4 is 44.2 Å². The van der Waals surface area contributed by atoms with Gasteiger partial charge in [0.05, 0.1) is 16.9 Å². The van der Waals surface area contributed by atoms with Crippen molar-refractivity contribution in [3.63, 3.8) is 0 Å². The van der Waals surface area contributed by atoms with E-state index >= 15 is 0 Å². The van der Waals surface area contributed by atoms with Crippen LogP contribution in [0.25, 0.3) is 77.6 Å². The van der Waals surface area contributed by atoms with Gasteiger partial charge in [-0.3, -0.25) is 0 Å². The molecule has 214 valence electrons. The highest BCUT2D eigenvalue weighted by atomic mass is 15.0. The summed E-state index contributed by atoms with van der Waals surface area (Å²) in [6.07, 6.45) is 4.13. The van der Waals surface area contributed by atoms with E-state index in [9.17, 15) is 0 Å². The second-order valence-corrected chi connectivity index (χ2v) is 11.5. The van der Waals surface area contributed by atoms with Crippen molar-refractivity contribution in [2.45, 2.75) is 6.92 Å². The number of nitrogens with zero attached hydrogens (tertiary/aromatic N) is 1. The van der Waals surface area contributed by atoms with Gasteiger partial charge in [0.25, 0.3) is 0 Å². The number of fused-ring (bicyclic) bond motifs is 3. The van der Waals surface area contributed by atoms with E-state index in [0.29, 0.717) is 0 Å². The van der Waals surface area contributed by atoms with Crippen molar-refractivity contribution in [2.75, 3.05) is 5.73 Å². The molecule has 7 aromatic carbocycles. The van der Waals surface area contributed by atoms with Crippen LogP contribution in [-0.2, 0) is 0 Å². The van der Waals surface area contributed by atoms with Crippen LogP contribution >= 0.6 is 0 Å². The van der Waals surface area contributed by atoms with E-state index in [1.54, 1.807) is 0 Å². The molecule has 45 heavy (non-hydrogen) atoms. The molecule has 1 heterocycles. The summed E-state index contributed by atoms with van der Waals surface area (Å²) in [5.41, 5.74) is 18.0. The summed E-state index contributed by atoms with van der Waals surface area (Å²) in [5.74, 6) is 0. The molecular weight excluding hydrogens is 544 g/mol. The Hall–Kier alpha value is -5.86. The Balaban J connectivity index is 1.34. The molecule has 0 saturated heterocycles. The van der Waals surface area contributed by atoms with Crippen molar-refractivity contribution in [3.05, 3.63) is 163 Å². The molecule has 0 radical (unpaired) electrons.